The first kappa shape index (κ1) is 35.6. The van der Waals surface area contributed by atoms with Crippen molar-refractivity contribution < 1.29 is 24.0 Å². The molecule has 0 unspecified atom stereocenters. The molecular weight excluding hydrogens is 634 g/mol. The van der Waals surface area contributed by atoms with Gasteiger partial charge < -0.3 is 25.3 Å². The van der Waals surface area contributed by atoms with E-state index in [2.05, 4.69) is 29.6 Å². The number of likely N-dealkylation sites (tertiary alicyclic amines) is 2. The molecule has 1 aromatic heterocycles. The van der Waals surface area contributed by atoms with Gasteiger partial charge in [0.05, 0.1) is 30.3 Å². The highest BCUT2D eigenvalue weighted by molar-refractivity contribution is 5.96. The summed E-state index contributed by atoms with van der Waals surface area (Å²) >= 11 is 0. The van der Waals surface area contributed by atoms with Crippen LogP contribution in [0.1, 0.15) is 82.1 Å². The van der Waals surface area contributed by atoms with Gasteiger partial charge in [0.1, 0.15) is 6.04 Å². The fourth-order valence-electron chi connectivity index (χ4n) is 8.52. The second-order valence-electron chi connectivity index (χ2n) is 16.0. The van der Waals surface area contributed by atoms with E-state index < -0.39 is 23.4 Å². The van der Waals surface area contributed by atoms with E-state index in [1.54, 1.807) is 26.9 Å². The van der Waals surface area contributed by atoms with Gasteiger partial charge in [-0.15, -0.1) is 0 Å². The zero-order valence-corrected chi connectivity index (χ0v) is 30.2. The number of aromatic nitrogens is 2. The zero-order chi connectivity index (χ0) is 35.8. The summed E-state index contributed by atoms with van der Waals surface area (Å²) in [6.07, 6.45) is 9.67. The summed E-state index contributed by atoms with van der Waals surface area (Å²) in [4.78, 5) is 73.2. The molecule has 4 aliphatic rings. The fourth-order valence-corrected chi connectivity index (χ4v) is 8.52. The summed E-state index contributed by atoms with van der Waals surface area (Å²) in [5.41, 5.74) is 0.825. The minimum Gasteiger partial charge on any atom is -0.357 e. The van der Waals surface area contributed by atoms with Crippen molar-refractivity contribution in [1.29, 1.82) is 0 Å². The van der Waals surface area contributed by atoms with Gasteiger partial charge in [0, 0.05) is 64.2 Å². The molecule has 5 amide bonds. The third kappa shape index (κ3) is 7.30. The molecule has 0 bridgehead atoms. The molecule has 2 saturated heterocycles. The third-order valence-corrected chi connectivity index (χ3v) is 11.8. The lowest BCUT2D eigenvalue weighted by atomic mass is 9.70. The molecule has 50 heavy (non-hydrogen) atoms. The van der Waals surface area contributed by atoms with Gasteiger partial charge >= 0.3 is 0 Å². The number of likely N-dealkylation sites (N-methyl/N-ethyl adjacent to an activating group) is 1. The quantitative estimate of drug-likeness (QED) is 0.373. The van der Waals surface area contributed by atoms with Crippen LogP contribution in [0.15, 0.2) is 42.7 Å². The minimum atomic E-state index is -0.983. The highest BCUT2D eigenvalue weighted by atomic mass is 16.2. The van der Waals surface area contributed by atoms with Gasteiger partial charge in [0.15, 0.2) is 0 Å². The first-order valence-electron chi connectivity index (χ1n) is 18.3. The first-order valence-corrected chi connectivity index (χ1v) is 18.3. The topological polar surface area (TPSA) is 137 Å². The standard InChI is InChI=1S/C38H53N7O5/c1-25(45(26(2)46)19-28-14-10-7-11-15-28)32(34(48)39-5)41-33(47)31-21-42(22-38(31)23-43(24-38)36(50)30-16-37(30,3)4)35(49)29-17-40-44(20-29)18-27-12-8-6-9-13-27/h6,8-9,12-13,17,20,25,28,30-32H,7,10-11,14-16,18-19,21-24H2,1-5H3,(H,39,48)(H,41,47)/t25-,30-,31+,32+/m1/s1. The molecule has 1 aromatic carbocycles. The minimum absolute atomic E-state index is 0.0225. The summed E-state index contributed by atoms with van der Waals surface area (Å²) in [7, 11) is 1.53. The van der Waals surface area contributed by atoms with Crippen molar-refractivity contribution in [1.82, 2.24) is 35.1 Å². The molecule has 2 N–H and O–H groups in total. The average molecular weight is 688 g/mol. The molecule has 6 rings (SSSR count). The number of hydrogen-bond donors (Lipinski definition) is 2. The molecule has 4 atom stereocenters. The molecule has 0 radical (unpaired) electrons. The Morgan fingerprint density at radius 2 is 1.64 bits per heavy atom. The molecular formula is C38H53N7O5. The maximum atomic E-state index is 14.4. The molecule has 12 heteroatoms. The molecule has 2 aliphatic carbocycles. The number of hydrogen-bond acceptors (Lipinski definition) is 6. The van der Waals surface area contributed by atoms with E-state index in [4.69, 9.17) is 0 Å². The monoisotopic (exact) mass is 687 g/mol. The largest absolute Gasteiger partial charge is 0.357 e. The van der Waals surface area contributed by atoms with Crippen molar-refractivity contribution >= 4 is 29.5 Å². The van der Waals surface area contributed by atoms with E-state index in [9.17, 15) is 24.0 Å². The average Bonchev–Trinajstić information content (AvgIpc) is 3.39. The summed E-state index contributed by atoms with van der Waals surface area (Å²) in [6.45, 7) is 9.79. The highest BCUT2D eigenvalue weighted by Crippen LogP contribution is 2.54. The Bertz CT molecular complexity index is 1590. The van der Waals surface area contributed by atoms with E-state index in [-0.39, 0.29) is 47.4 Å². The van der Waals surface area contributed by atoms with E-state index in [0.717, 1.165) is 37.7 Å². The maximum Gasteiger partial charge on any atom is 0.257 e. The van der Waals surface area contributed by atoms with Crippen LogP contribution < -0.4 is 10.6 Å². The van der Waals surface area contributed by atoms with Crippen molar-refractivity contribution in [2.75, 3.05) is 39.8 Å². The van der Waals surface area contributed by atoms with Crippen LogP contribution in [0.4, 0.5) is 0 Å². The number of benzene rings is 1. The van der Waals surface area contributed by atoms with Crippen LogP contribution in [0, 0.1) is 28.6 Å². The number of rotatable bonds is 11. The Balaban J connectivity index is 1.20. The van der Waals surface area contributed by atoms with Crippen LogP contribution in [0.25, 0.3) is 0 Å². The van der Waals surface area contributed by atoms with E-state index >= 15 is 0 Å². The van der Waals surface area contributed by atoms with Gasteiger partial charge in [-0.25, -0.2) is 0 Å². The summed E-state index contributed by atoms with van der Waals surface area (Å²) in [6, 6.07) is 8.31. The normalized spacial score (nSPS) is 23.5. The van der Waals surface area contributed by atoms with Crippen molar-refractivity contribution in [3.8, 4) is 0 Å². The second-order valence-corrected chi connectivity index (χ2v) is 16.0. The predicted octanol–water partition coefficient (Wildman–Crippen LogP) is 2.93. The number of carbonyl (C=O) groups excluding carboxylic acids is 5. The van der Waals surface area contributed by atoms with Crippen LogP contribution in [0.3, 0.4) is 0 Å². The lowest BCUT2D eigenvalue weighted by Gasteiger charge is -2.50. The number of amides is 5. The van der Waals surface area contributed by atoms with Crippen LogP contribution in [0.5, 0.6) is 0 Å². The van der Waals surface area contributed by atoms with Gasteiger partial charge in [-0.1, -0.05) is 63.4 Å². The SMILES string of the molecule is CNC(=O)[C@@H](NC(=O)[C@@H]1CN(C(=O)c2cnn(Cc3ccccc3)c2)CC12CN(C(=O)[C@H]1CC1(C)C)C2)[C@@H](C)N(CC1CCCCC1)C(C)=O. The van der Waals surface area contributed by atoms with Gasteiger partial charge in [0.2, 0.25) is 23.6 Å². The smallest absolute Gasteiger partial charge is 0.257 e. The van der Waals surface area contributed by atoms with Crippen LogP contribution in [-0.2, 0) is 25.7 Å². The van der Waals surface area contributed by atoms with Gasteiger partial charge in [0.25, 0.3) is 5.91 Å². The molecule has 2 aromatic rings. The fraction of sp³-hybridized carbons (Fsp3) is 0.632. The van der Waals surface area contributed by atoms with E-state index in [1.165, 1.54) is 20.4 Å². The molecule has 3 heterocycles. The first-order chi connectivity index (χ1) is 23.8. The van der Waals surface area contributed by atoms with Gasteiger partial charge in [-0.3, -0.25) is 28.7 Å². The number of nitrogens with one attached hydrogen (secondary N) is 2. The Labute approximate surface area is 295 Å². The zero-order valence-electron chi connectivity index (χ0n) is 30.2. The van der Waals surface area contributed by atoms with Crippen molar-refractivity contribution in [2.24, 2.45) is 28.6 Å². The Morgan fingerprint density at radius 3 is 2.26 bits per heavy atom. The maximum absolute atomic E-state index is 14.4. The second kappa shape index (κ2) is 14.2. The van der Waals surface area contributed by atoms with Crippen molar-refractivity contribution in [2.45, 2.75) is 84.8 Å². The van der Waals surface area contributed by atoms with Crippen LogP contribution >= 0.6 is 0 Å². The third-order valence-electron chi connectivity index (χ3n) is 11.8. The molecule has 12 nitrogen and oxygen atoms in total. The highest BCUT2D eigenvalue weighted by Gasteiger charge is 2.62. The van der Waals surface area contributed by atoms with Crippen LogP contribution in [0.2, 0.25) is 0 Å². The van der Waals surface area contributed by atoms with Crippen molar-refractivity contribution in [3.63, 3.8) is 0 Å². The Kier molecular flexibility index (Phi) is 10.1. The van der Waals surface area contributed by atoms with Crippen molar-refractivity contribution in [3.05, 3.63) is 53.9 Å². The molecule has 2 saturated carbocycles. The lowest BCUT2D eigenvalue weighted by Crippen LogP contribution is -2.66. The summed E-state index contributed by atoms with van der Waals surface area (Å²) in [5.74, 6) is -1.30. The molecule has 4 fully saturated rings. The molecule has 270 valence electrons. The molecule has 2 aliphatic heterocycles. The Morgan fingerprint density at radius 1 is 0.980 bits per heavy atom. The summed E-state index contributed by atoms with van der Waals surface area (Å²) in [5, 5.41) is 10.1. The number of carbonyl (C=O) groups is 5. The predicted molar refractivity (Wildman–Crippen MR) is 187 cm³/mol. The Hall–Kier alpha value is -4.22. The van der Waals surface area contributed by atoms with Gasteiger partial charge in [-0.05, 0) is 43.1 Å². The van der Waals surface area contributed by atoms with E-state index in [1.807, 2.05) is 42.2 Å². The number of nitrogens with zero attached hydrogens (tertiary/aromatic N) is 5. The van der Waals surface area contributed by atoms with Crippen LogP contribution in [-0.4, -0.2) is 106 Å². The van der Waals surface area contributed by atoms with Gasteiger partial charge in [-0.2, -0.15) is 5.10 Å². The molecule has 1 spiro atoms. The van der Waals surface area contributed by atoms with E-state index in [0.29, 0.717) is 44.2 Å². The summed E-state index contributed by atoms with van der Waals surface area (Å²) < 4.78 is 1.73. The lowest BCUT2D eigenvalue weighted by molar-refractivity contribution is -0.152.